The van der Waals surface area contributed by atoms with E-state index in [9.17, 15) is 4.79 Å². The van der Waals surface area contributed by atoms with Crippen molar-refractivity contribution < 1.29 is 0 Å². The van der Waals surface area contributed by atoms with Gasteiger partial charge in [-0.1, -0.05) is 24.3 Å². The van der Waals surface area contributed by atoms with Crippen molar-refractivity contribution in [3.63, 3.8) is 0 Å². The van der Waals surface area contributed by atoms with Crippen LogP contribution >= 0.6 is 0 Å². The van der Waals surface area contributed by atoms with Crippen LogP contribution in [0, 0.1) is 0 Å². The predicted octanol–water partition coefficient (Wildman–Crippen LogP) is 2.59. The zero-order valence-corrected chi connectivity index (χ0v) is 9.05. The fourth-order valence-corrected chi connectivity index (χ4v) is 1.91. The number of nitrogens with zero attached hydrogens (tertiary/aromatic N) is 1. The lowest BCUT2D eigenvalue weighted by molar-refractivity contribution is 1.23. The molecular weight excluding hydrogens is 212 g/mol. The zero-order valence-electron chi connectivity index (χ0n) is 9.05. The van der Waals surface area contributed by atoms with Crippen molar-refractivity contribution in [1.82, 2.24) is 9.97 Å². The monoisotopic (exact) mass is 222 g/mol. The van der Waals surface area contributed by atoms with Crippen molar-refractivity contribution >= 4 is 10.8 Å². The van der Waals surface area contributed by atoms with E-state index in [-0.39, 0.29) is 5.56 Å². The van der Waals surface area contributed by atoms with E-state index in [0.717, 1.165) is 22.0 Å². The summed E-state index contributed by atoms with van der Waals surface area (Å²) in [5.41, 5.74) is 1.70. The minimum Gasteiger partial charge on any atom is -0.328 e. The van der Waals surface area contributed by atoms with Crippen LogP contribution in [0.4, 0.5) is 0 Å². The van der Waals surface area contributed by atoms with Gasteiger partial charge in [0.15, 0.2) is 0 Å². The maximum Gasteiger partial charge on any atom is 0.247 e. The highest BCUT2D eigenvalue weighted by molar-refractivity contribution is 5.94. The standard InChI is InChI=1S/C14H10N2O/c17-13-6-5-11(9-16-13)14-12-4-2-1-3-10(12)7-8-15-14/h1-9H,(H,16,17). The van der Waals surface area contributed by atoms with Gasteiger partial charge in [0.25, 0.3) is 0 Å². The molecule has 1 aromatic carbocycles. The van der Waals surface area contributed by atoms with Crippen LogP contribution in [-0.2, 0) is 0 Å². The Hall–Kier alpha value is -2.42. The molecule has 0 amide bonds. The number of fused-ring (bicyclic) bond motifs is 1. The molecule has 3 heteroatoms. The van der Waals surface area contributed by atoms with Gasteiger partial charge in [0.05, 0.1) is 5.69 Å². The number of hydrogen-bond acceptors (Lipinski definition) is 2. The first-order valence-corrected chi connectivity index (χ1v) is 5.37. The van der Waals surface area contributed by atoms with Gasteiger partial charge in [0, 0.05) is 29.4 Å². The molecule has 3 aromatic rings. The molecule has 0 saturated carbocycles. The van der Waals surface area contributed by atoms with Gasteiger partial charge in [-0.05, 0) is 17.5 Å². The Balaban J connectivity index is 2.30. The smallest absolute Gasteiger partial charge is 0.247 e. The van der Waals surface area contributed by atoms with Gasteiger partial charge in [0.2, 0.25) is 5.56 Å². The normalized spacial score (nSPS) is 10.6. The SMILES string of the molecule is O=c1ccc(-c2nccc3ccccc23)c[nH]1. The van der Waals surface area contributed by atoms with Gasteiger partial charge in [-0.3, -0.25) is 9.78 Å². The molecule has 0 atom stereocenters. The first kappa shape index (κ1) is 9.78. The van der Waals surface area contributed by atoms with Crippen LogP contribution in [0.1, 0.15) is 0 Å². The number of H-pyrrole nitrogens is 1. The molecule has 0 aliphatic carbocycles. The number of nitrogens with one attached hydrogen (secondary N) is 1. The summed E-state index contributed by atoms with van der Waals surface area (Å²) in [6, 6.07) is 13.3. The fourth-order valence-electron chi connectivity index (χ4n) is 1.91. The molecule has 0 spiro atoms. The number of hydrogen-bond donors (Lipinski definition) is 1. The summed E-state index contributed by atoms with van der Waals surface area (Å²) in [5, 5.41) is 2.23. The molecule has 0 bridgehead atoms. The topological polar surface area (TPSA) is 45.8 Å². The molecule has 17 heavy (non-hydrogen) atoms. The van der Waals surface area contributed by atoms with Crippen molar-refractivity contribution in [2.24, 2.45) is 0 Å². The predicted molar refractivity (Wildman–Crippen MR) is 67.8 cm³/mol. The van der Waals surface area contributed by atoms with E-state index in [1.807, 2.05) is 30.3 Å². The summed E-state index contributed by atoms with van der Waals surface area (Å²) >= 11 is 0. The number of rotatable bonds is 1. The quantitative estimate of drug-likeness (QED) is 0.687. The average molecular weight is 222 g/mol. The van der Waals surface area contributed by atoms with Crippen molar-refractivity contribution in [2.75, 3.05) is 0 Å². The molecule has 0 aliphatic rings. The van der Waals surface area contributed by atoms with E-state index < -0.39 is 0 Å². The fraction of sp³-hybridized carbons (Fsp3) is 0. The number of aromatic amines is 1. The highest BCUT2D eigenvalue weighted by Gasteiger charge is 2.04. The second-order valence-corrected chi connectivity index (χ2v) is 3.82. The lowest BCUT2D eigenvalue weighted by Crippen LogP contribution is -2.01. The van der Waals surface area contributed by atoms with E-state index in [2.05, 4.69) is 9.97 Å². The molecule has 82 valence electrons. The van der Waals surface area contributed by atoms with Crippen LogP contribution in [-0.4, -0.2) is 9.97 Å². The second-order valence-electron chi connectivity index (χ2n) is 3.82. The van der Waals surface area contributed by atoms with Crippen molar-refractivity contribution in [2.45, 2.75) is 0 Å². The Kier molecular flexibility index (Phi) is 2.22. The third-order valence-corrected chi connectivity index (χ3v) is 2.73. The molecule has 0 saturated heterocycles. The summed E-state index contributed by atoms with van der Waals surface area (Å²) < 4.78 is 0. The van der Waals surface area contributed by atoms with Gasteiger partial charge in [0.1, 0.15) is 0 Å². The van der Waals surface area contributed by atoms with Crippen LogP contribution < -0.4 is 5.56 Å². The summed E-state index contributed by atoms with van der Waals surface area (Å²) in [7, 11) is 0. The second kappa shape index (κ2) is 3.87. The van der Waals surface area contributed by atoms with Gasteiger partial charge < -0.3 is 4.98 Å². The number of pyridine rings is 2. The van der Waals surface area contributed by atoms with Gasteiger partial charge in [-0.25, -0.2) is 0 Å². The van der Waals surface area contributed by atoms with Crippen LogP contribution in [0.25, 0.3) is 22.0 Å². The summed E-state index contributed by atoms with van der Waals surface area (Å²) in [4.78, 5) is 18.1. The van der Waals surface area contributed by atoms with Crippen molar-refractivity contribution in [3.05, 3.63) is 65.2 Å². The van der Waals surface area contributed by atoms with E-state index in [1.165, 1.54) is 6.07 Å². The molecule has 0 unspecified atom stereocenters. The molecule has 0 fully saturated rings. The molecular formula is C14H10N2O. The Morgan fingerprint density at radius 2 is 1.88 bits per heavy atom. The lowest BCUT2D eigenvalue weighted by Gasteiger charge is -2.04. The highest BCUT2D eigenvalue weighted by Crippen LogP contribution is 2.24. The van der Waals surface area contributed by atoms with Gasteiger partial charge in [-0.2, -0.15) is 0 Å². The minimum absolute atomic E-state index is 0.103. The summed E-state index contributed by atoms with van der Waals surface area (Å²) in [6.45, 7) is 0. The lowest BCUT2D eigenvalue weighted by atomic mass is 10.1. The zero-order chi connectivity index (χ0) is 11.7. The highest BCUT2D eigenvalue weighted by atomic mass is 16.1. The van der Waals surface area contributed by atoms with Crippen LogP contribution in [0.2, 0.25) is 0 Å². The van der Waals surface area contributed by atoms with E-state index in [4.69, 9.17) is 0 Å². The summed E-state index contributed by atoms with van der Waals surface area (Å²) in [5.74, 6) is 0. The third kappa shape index (κ3) is 1.72. The number of aromatic nitrogens is 2. The van der Waals surface area contributed by atoms with Crippen LogP contribution in [0.3, 0.4) is 0 Å². The molecule has 3 rings (SSSR count). The maximum atomic E-state index is 11.0. The average Bonchev–Trinajstić information content (AvgIpc) is 2.39. The maximum absolute atomic E-state index is 11.0. The van der Waals surface area contributed by atoms with E-state index in [1.54, 1.807) is 18.5 Å². The van der Waals surface area contributed by atoms with Gasteiger partial charge in [-0.15, -0.1) is 0 Å². The van der Waals surface area contributed by atoms with Crippen LogP contribution in [0.5, 0.6) is 0 Å². The molecule has 2 heterocycles. The minimum atomic E-state index is -0.103. The van der Waals surface area contributed by atoms with Crippen molar-refractivity contribution in [1.29, 1.82) is 0 Å². The van der Waals surface area contributed by atoms with Gasteiger partial charge >= 0.3 is 0 Å². The Bertz CT molecular complexity index is 706. The Labute approximate surface area is 97.8 Å². The molecule has 0 radical (unpaired) electrons. The summed E-state index contributed by atoms with van der Waals surface area (Å²) in [6.07, 6.45) is 3.47. The Morgan fingerprint density at radius 1 is 1.00 bits per heavy atom. The van der Waals surface area contributed by atoms with E-state index in [0.29, 0.717) is 0 Å². The molecule has 3 nitrogen and oxygen atoms in total. The first-order valence-electron chi connectivity index (χ1n) is 5.37. The van der Waals surface area contributed by atoms with Crippen LogP contribution in [0.15, 0.2) is 59.7 Å². The first-order chi connectivity index (χ1) is 8.34. The largest absolute Gasteiger partial charge is 0.328 e. The molecule has 0 aliphatic heterocycles. The van der Waals surface area contributed by atoms with Crippen molar-refractivity contribution in [3.8, 4) is 11.3 Å². The number of benzene rings is 1. The third-order valence-electron chi connectivity index (χ3n) is 2.73. The molecule has 2 aromatic heterocycles. The van der Waals surface area contributed by atoms with E-state index >= 15 is 0 Å². The molecule has 1 N–H and O–H groups in total. The Morgan fingerprint density at radius 3 is 2.71 bits per heavy atom.